The van der Waals surface area contributed by atoms with Crippen LogP contribution >= 0.6 is 0 Å². The van der Waals surface area contributed by atoms with Crippen molar-refractivity contribution < 1.29 is 4.79 Å². The van der Waals surface area contributed by atoms with Gasteiger partial charge in [0.15, 0.2) is 5.43 Å². The summed E-state index contributed by atoms with van der Waals surface area (Å²) in [6.45, 7) is 6.27. The quantitative estimate of drug-likeness (QED) is 0.851. The number of aromatic nitrogens is 1. The molecule has 0 unspecified atom stereocenters. The van der Waals surface area contributed by atoms with Gasteiger partial charge in [-0.25, -0.2) is 0 Å². The predicted octanol–water partition coefficient (Wildman–Crippen LogP) is 0.897. The Balaban J connectivity index is 2.03. The molecule has 1 fully saturated rings. The summed E-state index contributed by atoms with van der Waals surface area (Å²) in [5.41, 5.74) is 0.815. The summed E-state index contributed by atoms with van der Waals surface area (Å²) in [7, 11) is 0. The summed E-state index contributed by atoms with van der Waals surface area (Å²) in [4.78, 5) is 28.8. The van der Waals surface area contributed by atoms with Gasteiger partial charge in [-0.3, -0.25) is 9.59 Å². The minimum Gasteiger partial charge on any atom is -0.364 e. The maximum Gasteiger partial charge on any atom is 0.259 e. The molecule has 1 saturated heterocycles. The van der Waals surface area contributed by atoms with E-state index >= 15 is 0 Å². The molecule has 0 aromatic carbocycles. The van der Waals surface area contributed by atoms with Crippen LogP contribution in [0.1, 0.15) is 35.8 Å². The van der Waals surface area contributed by atoms with Crippen LogP contribution in [0, 0.1) is 6.92 Å². The molecule has 5 nitrogen and oxygen atoms in total. The highest BCUT2D eigenvalue weighted by Gasteiger charge is 2.24. The summed E-state index contributed by atoms with van der Waals surface area (Å²) in [6, 6.07) is 1.96. The van der Waals surface area contributed by atoms with Crippen molar-refractivity contribution in [3.05, 3.63) is 33.7 Å². The van der Waals surface area contributed by atoms with Gasteiger partial charge in [0.2, 0.25) is 0 Å². The van der Waals surface area contributed by atoms with Crippen LogP contribution in [0.4, 0.5) is 0 Å². The van der Waals surface area contributed by atoms with Gasteiger partial charge in [-0.2, -0.15) is 0 Å². The number of hydrogen-bond donors (Lipinski definition) is 2. The molecule has 1 aliphatic heterocycles. The lowest BCUT2D eigenvalue weighted by molar-refractivity contribution is 0.0704. The van der Waals surface area contributed by atoms with E-state index in [1.807, 2.05) is 0 Å². The summed E-state index contributed by atoms with van der Waals surface area (Å²) in [6.07, 6.45) is 3.42. The summed E-state index contributed by atoms with van der Waals surface area (Å²) < 4.78 is 0. The molecule has 0 radical (unpaired) electrons. The highest BCUT2D eigenvalue weighted by Crippen LogP contribution is 2.12. The van der Waals surface area contributed by atoms with E-state index in [-0.39, 0.29) is 16.9 Å². The second-order valence-electron chi connectivity index (χ2n) is 5.02. The normalized spacial score (nSPS) is 16.6. The molecule has 1 aliphatic rings. The van der Waals surface area contributed by atoms with Crippen molar-refractivity contribution in [2.75, 3.05) is 19.6 Å². The van der Waals surface area contributed by atoms with Gasteiger partial charge in [0.1, 0.15) is 5.56 Å². The Kier molecular flexibility index (Phi) is 4.37. The van der Waals surface area contributed by atoms with Gasteiger partial charge in [-0.15, -0.1) is 0 Å². The van der Waals surface area contributed by atoms with Crippen LogP contribution in [0.3, 0.4) is 0 Å². The lowest BCUT2D eigenvalue weighted by Crippen LogP contribution is -2.45. The average molecular weight is 263 g/mol. The number of aromatic amines is 1. The summed E-state index contributed by atoms with van der Waals surface area (Å²) >= 11 is 0. The lowest BCUT2D eigenvalue weighted by Gasteiger charge is -2.32. The first-order valence-electron chi connectivity index (χ1n) is 6.83. The minimum atomic E-state index is -0.199. The molecule has 0 aliphatic carbocycles. The number of H-pyrrole nitrogens is 1. The molecule has 5 heteroatoms. The van der Waals surface area contributed by atoms with Crippen molar-refractivity contribution in [1.82, 2.24) is 15.2 Å². The Hall–Kier alpha value is -1.62. The highest BCUT2D eigenvalue weighted by molar-refractivity contribution is 5.93. The fourth-order valence-electron chi connectivity index (χ4n) is 2.49. The molecule has 2 heterocycles. The van der Waals surface area contributed by atoms with Gasteiger partial charge in [-0.05, 0) is 26.3 Å². The van der Waals surface area contributed by atoms with Crippen LogP contribution in [0.5, 0.6) is 0 Å². The van der Waals surface area contributed by atoms with Crippen LogP contribution in [0.15, 0.2) is 17.1 Å². The molecule has 0 saturated carbocycles. The second-order valence-corrected chi connectivity index (χ2v) is 5.02. The Morgan fingerprint density at radius 2 is 2.16 bits per heavy atom. The molecule has 1 aromatic rings. The van der Waals surface area contributed by atoms with Crippen molar-refractivity contribution in [3.8, 4) is 0 Å². The zero-order valence-corrected chi connectivity index (χ0v) is 11.5. The Morgan fingerprint density at radius 1 is 1.47 bits per heavy atom. The fourth-order valence-corrected chi connectivity index (χ4v) is 2.49. The number of likely N-dealkylation sites (tertiary alicyclic amines) is 1. The van der Waals surface area contributed by atoms with Crippen molar-refractivity contribution in [2.45, 2.75) is 32.7 Å². The van der Waals surface area contributed by atoms with Crippen molar-refractivity contribution in [1.29, 1.82) is 0 Å². The molecular weight excluding hydrogens is 242 g/mol. The molecule has 1 aromatic heterocycles. The van der Waals surface area contributed by atoms with E-state index in [1.165, 1.54) is 12.3 Å². The molecule has 2 N–H and O–H groups in total. The Bertz CT molecular complexity index is 502. The molecule has 104 valence electrons. The van der Waals surface area contributed by atoms with E-state index in [1.54, 1.807) is 11.8 Å². The van der Waals surface area contributed by atoms with Gasteiger partial charge >= 0.3 is 0 Å². The van der Waals surface area contributed by atoms with Gasteiger partial charge in [0.05, 0.1) is 0 Å². The molecule has 2 rings (SSSR count). The summed E-state index contributed by atoms with van der Waals surface area (Å²) in [5, 5.41) is 3.40. The number of aryl methyl sites for hydroxylation is 1. The standard InChI is InChI=1S/C14H21N3O2/c1-3-15-11-4-6-17(7-5-11)14(19)12-9-16-10(2)8-13(12)18/h8-9,11,15H,3-7H2,1-2H3,(H,16,18). The number of carbonyl (C=O) groups is 1. The van der Waals surface area contributed by atoms with Gasteiger partial charge < -0.3 is 15.2 Å². The summed E-state index contributed by atoms with van der Waals surface area (Å²) in [5.74, 6) is -0.156. The monoisotopic (exact) mass is 263 g/mol. The first-order chi connectivity index (χ1) is 9.11. The van der Waals surface area contributed by atoms with Crippen LogP contribution in [0.2, 0.25) is 0 Å². The third-order valence-corrected chi connectivity index (χ3v) is 3.56. The minimum absolute atomic E-state index is 0.156. The first-order valence-corrected chi connectivity index (χ1v) is 6.83. The van der Waals surface area contributed by atoms with E-state index in [9.17, 15) is 9.59 Å². The molecule has 19 heavy (non-hydrogen) atoms. The second kappa shape index (κ2) is 6.02. The van der Waals surface area contributed by atoms with Crippen LogP contribution in [-0.4, -0.2) is 41.5 Å². The maximum atomic E-state index is 12.3. The van der Waals surface area contributed by atoms with Crippen molar-refractivity contribution in [3.63, 3.8) is 0 Å². The Morgan fingerprint density at radius 3 is 2.74 bits per heavy atom. The van der Waals surface area contributed by atoms with Gasteiger partial charge in [0, 0.05) is 37.1 Å². The zero-order chi connectivity index (χ0) is 13.8. The smallest absolute Gasteiger partial charge is 0.259 e. The van der Waals surface area contributed by atoms with E-state index < -0.39 is 0 Å². The topological polar surface area (TPSA) is 65.2 Å². The van der Waals surface area contributed by atoms with Crippen molar-refractivity contribution in [2.24, 2.45) is 0 Å². The molecule has 0 spiro atoms. The molecular formula is C14H21N3O2. The largest absolute Gasteiger partial charge is 0.364 e. The van der Waals surface area contributed by atoms with E-state index in [2.05, 4.69) is 17.2 Å². The van der Waals surface area contributed by atoms with Gasteiger partial charge in [0.25, 0.3) is 5.91 Å². The fraction of sp³-hybridized carbons (Fsp3) is 0.571. The van der Waals surface area contributed by atoms with E-state index in [0.29, 0.717) is 19.1 Å². The third kappa shape index (κ3) is 3.23. The Labute approximate surface area is 113 Å². The van der Waals surface area contributed by atoms with Crippen molar-refractivity contribution >= 4 is 5.91 Å². The molecule has 1 amide bonds. The van der Waals surface area contributed by atoms with Crippen LogP contribution in [0.25, 0.3) is 0 Å². The number of pyridine rings is 1. The van der Waals surface area contributed by atoms with Crippen LogP contribution < -0.4 is 10.7 Å². The SMILES string of the molecule is CCNC1CCN(C(=O)c2c[nH]c(C)cc2=O)CC1. The number of amides is 1. The molecule has 0 atom stereocenters. The molecule has 0 bridgehead atoms. The maximum absolute atomic E-state index is 12.3. The first kappa shape index (κ1) is 13.8. The van der Waals surface area contributed by atoms with E-state index in [0.717, 1.165) is 25.1 Å². The van der Waals surface area contributed by atoms with E-state index in [4.69, 9.17) is 0 Å². The van der Waals surface area contributed by atoms with Crippen LogP contribution in [-0.2, 0) is 0 Å². The lowest BCUT2D eigenvalue weighted by atomic mass is 10.0. The third-order valence-electron chi connectivity index (χ3n) is 3.56. The number of hydrogen-bond acceptors (Lipinski definition) is 3. The number of carbonyl (C=O) groups excluding carboxylic acids is 1. The number of rotatable bonds is 3. The average Bonchev–Trinajstić information content (AvgIpc) is 2.39. The number of nitrogens with one attached hydrogen (secondary N) is 2. The number of piperidine rings is 1. The van der Waals surface area contributed by atoms with Gasteiger partial charge in [-0.1, -0.05) is 6.92 Å². The highest BCUT2D eigenvalue weighted by atomic mass is 16.2. The predicted molar refractivity (Wildman–Crippen MR) is 74.4 cm³/mol. The zero-order valence-electron chi connectivity index (χ0n) is 11.5. The number of nitrogens with zero attached hydrogens (tertiary/aromatic N) is 1.